The van der Waals surface area contributed by atoms with Gasteiger partial charge in [0.2, 0.25) is 0 Å². The Hall–Kier alpha value is -1.32. The van der Waals surface area contributed by atoms with E-state index in [0.717, 1.165) is 35.7 Å². The van der Waals surface area contributed by atoms with Crippen LogP contribution < -0.4 is 0 Å². The van der Waals surface area contributed by atoms with Crippen molar-refractivity contribution in [2.75, 3.05) is 6.61 Å². The summed E-state index contributed by atoms with van der Waals surface area (Å²) in [5.41, 5.74) is 4.68. The number of hydrogen-bond acceptors (Lipinski definition) is 2. The van der Waals surface area contributed by atoms with Crippen molar-refractivity contribution >= 4 is 22.0 Å². The van der Waals surface area contributed by atoms with Crippen molar-refractivity contribution in [2.45, 2.75) is 52.6 Å². The van der Waals surface area contributed by atoms with E-state index in [1.165, 1.54) is 16.7 Å². The molecule has 1 heterocycles. The molecule has 3 heteroatoms. The van der Waals surface area contributed by atoms with E-state index in [1.807, 2.05) is 12.1 Å². The summed E-state index contributed by atoms with van der Waals surface area (Å²) in [5, 5.41) is 10.1. The smallest absolute Gasteiger partial charge is 0.122 e. The minimum Gasteiger partial charge on any atom is -0.507 e. The Balaban J connectivity index is 2.09. The van der Waals surface area contributed by atoms with Crippen LogP contribution in [0.4, 0.5) is 0 Å². The number of phenols is 1. The lowest BCUT2D eigenvalue weighted by molar-refractivity contribution is 0.116. The van der Waals surface area contributed by atoms with Gasteiger partial charge in [0, 0.05) is 10.0 Å². The Morgan fingerprint density at radius 1 is 1.40 bits per heavy atom. The van der Waals surface area contributed by atoms with Crippen LogP contribution in [0.1, 0.15) is 52.0 Å². The maximum absolute atomic E-state index is 10.1. The third-order valence-corrected chi connectivity index (χ3v) is 5.16. The summed E-state index contributed by atoms with van der Waals surface area (Å²) in [5.74, 6) is 0.766. The molecular formula is C22H29BrO2. The van der Waals surface area contributed by atoms with Crippen molar-refractivity contribution in [1.29, 1.82) is 0 Å². The fraction of sp³-hybridized carbons (Fsp3) is 0.455. The fourth-order valence-corrected chi connectivity index (χ4v) is 3.53. The van der Waals surface area contributed by atoms with Crippen LogP contribution in [0, 0.1) is 5.92 Å². The van der Waals surface area contributed by atoms with Crippen LogP contribution >= 0.6 is 15.9 Å². The van der Waals surface area contributed by atoms with Gasteiger partial charge in [-0.05, 0) is 54.5 Å². The number of aromatic hydroxyl groups is 1. The Kier molecular flexibility index (Phi) is 7.52. The zero-order chi connectivity index (χ0) is 18.4. The molecule has 0 fully saturated rings. The van der Waals surface area contributed by atoms with Gasteiger partial charge in [-0.3, -0.25) is 0 Å². The van der Waals surface area contributed by atoms with Gasteiger partial charge in [0.15, 0.2) is 0 Å². The lowest BCUT2D eigenvalue weighted by Crippen LogP contribution is -2.13. The molecule has 1 atom stereocenters. The van der Waals surface area contributed by atoms with Gasteiger partial charge in [-0.1, -0.05) is 67.4 Å². The highest BCUT2D eigenvalue weighted by Gasteiger charge is 2.23. The average Bonchev–Trinajstić information content (AvgIpc) is 3.03. The molecule has 0 amide bonds. The summed E-state index contributed by atoms with van der Waals surface area (Å²) in [4.78, 5) is 0. The predicted octanol–water partition coefficient (Wildman–Crippen LogP) is 6.66. The lowest BCUT2D eigenvalue weighted by atomic mass is 9.90. The van der Waals surface area contributed by atoms with E-state index < -0.39 is 0 Å². The van der Waals surface area contributed by atoms with E-state index in [-0.39, 0.29) is 6.10 Å². The Bertz CT molecular complexity index is 671. The SMILES string of the molecule is C=C(C1=CCOC1CC/C(=C/c1cc(Br)ccc1O)CCC)C(C)C. The molecule has 0 bridgehead atoms. The molecule has 0 radical (unpaired) electrons. The van der Waals surface area contributed by atoms with Gasteiger partial charge in [0.25, 0.3) is 0 Å². The molecule has 1 aliphatic rings. The number of halogens is 1. The van der Waals surface area contributed by atoms with Crippen LogP contribution in [-0.2, 0) is 4.74 Å². The summed E-state index contributed by atoms with van der Waals surface area (Å²) in [6.45, 7) is 11.5. The van der Waals surface area contributed by atoms with Crippen LogP contribution in [0.25, 0.3) is 6.08 Å². The third-order valence-electron chi connectivity index (χ3n) is 4.66. The van der Waals surface area contributed by atoms with Gasteiger partial charge in [-0.15, -0.1) is 0 Å². The third kappa shape index (κ3) is 5.58. The molecule has 1 unspecified atom stereocenters. The van der Waals surface area contributed by atoms with E-state index in [4.69, 9.17) is 4.74 Å². The molecule has 1 N–H and O–H groups in total. The summed E-state index contributed by atoms with van der Waals surface area (Å²) in [6, 6.07) is 5.54. The first-order valence-electron chi connectivity index (χ1n) is 9.11. The zero-order valence-corrected chi connectivity index (χ0v) is 17.1. The molecule has 136 valence electrons. The van der Waals surface area contributed by atoms with Gasteiger partial charge < -0.3 is 9.84 Å². The van der Waals surface area contributed by atoms with Gasteiger partial charge in [0.05, 0.1) is 12.7 Å². The molecule has 2 rings (SSSR count). The Morgan fingerprint density at radius 3 is 2.84 bits per heavy atom. The molecule has 0 saturated heterocycles. The quantitative estimate of drug-likeness (QED) is 0.524. The number of rotatable bonds is 8. The molecule has 1 aromatic carbocycles. The number of benzene rings is 1. The van der Waals surface area contributed by atoms with Crippen LogP contribution in [0.15, 0.2) is 52.0 Å². The largest absolute Gasteiger partial charge is 0.507 e. The van der Waals surface area contributed by atoms with Crippen molar-refractivity contribution < 1.29 is 9.84 Å². The van der Waals surface area contributed by atoms with E-state index in [2.05, 4.69) is 55.4 Å². The average molecular weight is 405 g/mol. The van der Waals surface area contributed by atoms with Crippen LogP contribution in [0.3, 0.4) is 0 Å². The van der Waals surface area contributed by atoms with Crippen molar-refractivity contribution in [3.8, 4) is 5.75 Å². The van der Waals surface area contributed by atoms with E-state index in [9.17, 15) is 5.11 Å². The summed E-state index contributed by atoms with van der Waals surface area (Å²) in [6.07, 6.45) is 8.49. The Labute approximate surface area is 160 Å². The number of ether oxygens (including phenoxy) is 1. The molecule has 0 aromatic heterocycles. The highest BCUT2D eigenvalue weighted by Crippen LogP contribution is 2.32. The summed E-state index contributed by atoms with van der Waals surface area (Å²) < 4.78 is 6.90. The normalized spacial score (nSPS) is 17.9. The maximum atomic E-state index is 10.1. The van der Waals surface area contributed by atoms with Crippen molar-refractivity contribution in [3.05, 3.63) is 57.6 Å². The monoisotopic (exact) mass is 404 g/mol. The number of allylic oxidation sites excluding steroid dienone is 1. The second kappa shape index (κ2) is 9.40. The van der Waals surface area contributed by atoms with Crippen LogP contribution in [0.2, 0.25) is 0 Å². The first-order valence-corrected chi connectivity index (χ1v) is 9.90. The van der Waals surface area contributed by atoms with Crippen molar-refractivity contribution in [3.63, 3.8) is 0 Å². The Morgan fingerprint density at radius 2 is 2.16 bits per heavy atom. The summed E-state index contributed by atoms with van der Waals surface area (Å²) >= 11 is 3.48. The van der Waals surface area contributed by atoms with E-state index in [1.54, 1.807) is 6.07 Å². The molecular weight excluding hydrogens is 376 g/mol. The minimum atomic E-state index is 0.145. The molecule has 2 nitrogen and oxygen atoms in total. The van der Waals surface area contributed by atoms with Crippen molar-refractivity contribution in [1.82, 2.24) is 0 Å². The van der Waals surface area contributed by atoms with Gasteiger partial charge >= 0.3 is 0 Å². The van der Waals surface area contributed by atoms with Crippen LogP contribution in [0.5, 0.6) is 5.75 Å². The van der Waals surface area contributed by atoms with Gasteiger partial charge in [0.1, 0.15) is 5.75 Å². The first-order chi connectivity index (χ1) is 11.9. The van der Waals surface area contributed by atoms with Crippen molar-refractivity contribution in [2.24, 2.45) is 5.92 Å². The second-order valence-corrected chi connectivity index (χ2v) is 7.87. The highest BCUT2D eigenvalue weighted by molar-refractivity contribution is 9.10. The van der Waals surface area contributed by atoms with E-state index in [0.29, 0.717) is 18.3 Å². The number of hydrogen-bond donors (Lipinski definition) is 1. The first kappa shape index (κ1) is 20.0. The topological polar surface area (TPSA) is 29.5 Å². The molecule has 25 heavy (non-hydrogen) atoms. The zero-order valence-electron chi connectivity index (χ0n) is 15.5. The van der Waals surface area contributed by atoms with Crippen LogP contribution in [-0.4, -0.2) is 17.8 Å². The molecule has 0 spiro atoms. The van der Waals surface area contributed by atoms with E-state index >= 15 is 0 Å². The molecule has 1 aromatic rings. The predicted molar refractivity (Wildman–Crippen MR) is 110 cm³/mol. The van der Waals surface area contributed by atoms with Gasteiger partial charge in [-0.25, -0.2) is 0 Å². The molecule has 0 saturated carbocycles. The lowest BCUT2D eigenvalue weighted by Gasteiger charge is -2.19. The van der Waals surface area contributed by atoms with Gasteiger partial charge in [-0.2, -0.15) is 0 Å². The number of phenolic OH excluding ortho intramolecular Hbond substituents is 1. The minimum absolute atomic E-state index is 0.145. The molecule has 1 aliphatic heterocycles. The fourth-order valence-electron chi connectivity index (χ4n) is 3.15. The maximum Gasteiger partial charge on any atom is 0.122 e. The highest BCUT2D eigenvalue weighted by atomic mass is 79.9. The molecule has 0 aliphatic carbocycles. The summed E-state index contributed by atoms with van der Waals surface area (Å²) in [7, 11) is 0. The standard InChI is InChI=1S/C22H29BrO2/c1-5-6-17(13-18-14-19(23)8-9-21(18)24)7-10-22-20(11-12-25-22)16(4)15(2)3/h8-9,11,13-15,22,24H,4-7,10,12H2,1-3H3/b17-13+. The second-order valence-electron chi connectivity index (χ2n) is 6.96.